The number of hydrogen-bond acceptors (Lipinski definition) is 6. The van der Waals surface area contributed by atoms with E-state index in [4.69, 9.17) is 0 Å². The summed E-state index contributed by atoms with van der Waals surface area (Å²) in [7, 11) is 0. The van der Waals surface area contributed by atoms with Gasteiger partial charge in [-0.2, -0.15) is 0 Å². The topological polar surface area (TPSA) is 72.2 Å². The average Bonchev–Trinajstić information content (AvgIpc) is 4.55. The second kappa shape index (κ2) is 48.1. The van der Waals surface area contributed by atoms with Crippen LogP contribution >= 0.6 is 0 Å². The van der Waals surface area contributed by atoms with Crippen molar-refractivity contribution in [3.63, 3.8) is 0 Å². The number of para-hydroxylation sites is 1. The summed E-state index contributed by atoms with van der Waals surface area (Å²) in [6, 6.07) is 29.4. The third-order valence-corrected chi connectivity index (χ3v) is 21.0. The maximum atomic E-state index is 3.59. The molecule has 9 aliphatic carbocycles. The van der Waals surface area contributed by atoms with Crippen LogP contribution in [0.2, 0.25) is 0 Å². The molecular weight excluding hydrogens is 1040 g/mol. The molecule has 0 amide bonds. The summed E-state index contributed by atoms with van der Waals surface area (Å²) in [5.74, 6) is 6.75. The molecule has 500 valence electrons. The molecule has 6 N–H and O–H groups in total. The van der Waals surface area contributed by atoms with Gasteiger partial charge in [-0.15, -0.1) is 0 Å². The molecule has 6 nitrogen and oxygen atoms in total. The van der Waals surface area contributed by atoms with Gasteiger partial charge in [0.2, 0.25) is 0 Å². The molecular formula is C80H150N6. The van der Waals surface area contributed by atoms with E-state index in [-0.39, 0.29) is 66.8 Å². The predicted octanol–water partition coefficient (Wildman–Crippen LogP) is 21.9. The highest BCUT2D eigenvalue weighted by atomic mass is 15.0. The maximum Gasteiger partial charge on any atom is 0.0373 e. The number of benzene rings is 3. The third-order valence-electron chi connectivity index (χ3n) is 21.0. The minimum Gasteiger partial charge on any atom is -0.384 e. The molecule has 86 heavy (non-hydrogen) atoms. The first-order valence-electron chi connectivity index (χ1n) is 33.7. The van der Waals surface area contributed by atoms with Crippen molar-refractivity contribution in [3.05, 3.63) is 101 Å². The summed E-state index contributed by atoms with van der Waals surface area (Å²) in [4.78, 5) is 0. The van der Waals surface area contributed by atoms with E-state index in [2.05, 4.69) is 105 Å². The van der Waals surface area contributed by atoms with Gasteiger partial charge in [-0.3, -0.25) is 0 Å². The van der Waals surface area contributed by atoms with Crippen molar-refractivity contribution in [2.24, 2.45) is 35.5 Å². The number of piperidine rings is 5. The molecule has 3 aromatic carbocycles. The summed E-state index contributed by atoms with van der Waals surface area (Å²) in [5.41, 5.74) is 8.82. The van der Waals surface area contributed by atoms with E-state index in [1.165, 1.54) is 221 Å². The Morgan fingerprint density at radius 1 is 0.267 bits per heavy atom. The molecule has 0 spiro atoms. The highest BCUT2D eigenvalue weighted by Gasteiger charge is 2.32. The highest BCUT2D eigenvalue weighted by Crippen LogP contribution is 2.44. The molecule has 10 bridgehead atoms. The average molecular weight is 1200 g/mol. The first kappa shape index (κ1) is 83.3. The second-order valence-electron chi connectivity index (χ2n) is 26.8. The molecule has 0 radical (unpaired) electrons. The van der Waals surface area contributed by atoms with Gasteiger partial charge in [0, 0.05) is 49.5 Å². The lowest BCUT2D eigenvalue weighted by atomic mass is 9.71. The lowest BCUT2D eigenvalue weighted by Gasteiger charge is -2.36. The number of anilines is 1. The van der Waals surface area contributed by atoms with Crippen molar-refractivity contribution in [2.75, 3.05) is 38.0 Å². The number of hydrogen-bond donors (Lipinski definition) is 6. The molecule has 8 saturated carbocycles. The monoisotopic (exact) mass is 1200 g/mol. The molecule has 6 heteroatoms. The second-order valence-corrected chi connectivity index (χ2v) is 26.8. The molecule has 4 atom stereocenters. The van der Waals surface area contributed by atoms with Crippen molar-refractivity contribution in [3.8, 4) is 0 Å². The molecule has 8 aliphatic heterocycles. The zero-order valence-corrected chi connectivity index (χ0v) is 49.1. The third kappa shape index (κ3) is 29.5. The van der Waals surface area contributed by atoms with Crippen molar-refractivity contribution in [1.29, 1.82) is 0 Å². The summed E-state index contributed by atoms with van der Waals surface area (Å²) < 4.78 is 0. The van der Waals surface area contributed by atoms with Crippen molar-refractivity contribution in [1.82, 2.24) is 26.6 Å². The Morgan fingerprint density at radius 2 is 0.663 bits per heavy atom. The van der Waals surface area contributed by atoms with Gasteiger partial charge >= 0.3 is 0 Å². The van der Waals surface area contributed by atoms with Crippen LogP contribution in [-0.4, -0.2) is 56.9 Å². The Balaban J connectivity index is 0.000000925. The standard InChI is InChI=1S/C9H10.2C8H9N.C8H14.2C7H13N.C7H12.C6H11N.C6H12.C5H11N.9CH4/c1-2-5-9-7-3-6-8(9)4-1;1-2-4-8-6-9-5-7(8)3-1;1-2-4-8-7(3-1)5-6-9-8;1-2-8-5-3-7(1)4-6-8;1-3-7-4-2-6(1)5-8-7;1-2-6-4-5-7(3-1)8-6;1-2-7-4-3-6(1)5-7;1-2-6-3-5(1)4-7-6;2*1-2-4-6-5-3-1;;;;;;;;;/h1-2,4-5H,3,6-7H2;2*1-4,9H,5-6H2;7-8H,1-6H2;2*6-8H,1-5H2;6-7H,1-5H2;5-7H,1-4H2;1-6H2;6H,1-5H2;9*1H4. The largest absolute Gasteiger partial charge is 0.384 e. The van der Waals surface area contributed by atoms with Crippen LogP contribution in [0.1, 0.15) is 307 Å². The van der Waals surface area contributed by atoms with E-state index in [0.29, 0.717) is 0 Å². The number of nitrogens with one attached hydrogen (secondary N) is 6. The van der Waals surface area contributed by atoms with E-state index in [9.17, 15) is 0 Å². The summed E-state index contributed by atoms with van der Waals surface area (Å²) in [6.45, 7) is 8.33. The van der Waals surface area contributed by atoms with E-state index in [1.54, 1.807) is 81.8 Å². The molecule has 6 saturated heterocycles. The van der Waals surface area contributed by atoms with Gasteiger partial charge in [-0.1, -0.05) is 249 Å². The van der Waals surface area contributed by atoms with E-state index < -0.39 is 0 Å². The Labute approximate surface area is 538 Å². The predicted molar refractivity (Wildman–Crippen MR) is 391 cm³/mol. The van der Waals surface area contributed by atoms with Crippen LogP contribution in [0.25, 0.3) is 0 Å². The van der Waals surface area contributed by atoms with Crippen LogP contribution in [0.4, 0.5) is 5.69 Å². The Hall–Kier alpha value is -2.74. The molecule has 3 aromatic rings. The highest BCUT2D eigenvalue weighted by molar-refractivity contribution is 5.54. The minimum atomic E-state index is 0. The van der Waals surface area contributed by atoms with Crippen molar-refractivity contribution >= 4 is 5.69 Å². The fourth-order valence-corrected chi connectivity index (χ4v) is 16.0. The Morgan fingerprint density at radius 3 is 0.965 bits per heavy atom. The quantitative estimate of drug-likeness (QED) is 0.135. The van der Waals surface area contributed by atoms with Gasteiger partial charge < -0.3 is 31.9 Å². The fraction of sp³-hybridized carbons (Fsp3) is 0.775. The minimum absolute atomic E-state index is 0. The van der Waals surface area contributed by atoms with Gasteiger partial charge in [-0.05, 0) is 211 Å². The molecule has 0 aromatic heterocycles. The first-order chi connectivity index (χ1) is 38.1. The van der Waals surface area contributed by atoms with Gasteiger partial charge in [-0.25, -0.2) is 0 Å². The van der Waals surface area contributed by atoms with Crippen LogP contribution in [0.3, 0.4) is 0 Å². The van der Waals surface area contributed by atoms with Crippen LogP contribution in [0, 0.1) is 35.5 Å². The smallest absolute Gasteiger partial charge is 0.0373 e. The molecule has 8 heterocycles. The fourth-order valence-electron chi connectivity index (χ4n) is 16.0. The zero-order valence-electron chi connectivity index (χ0n) is 49.1. The van der Waals surface area contributed by atoms with Crippen LogP contribution in [0.5, 0.6) is 0 Å². The van der Waals surface area contributed by atoms with Gasteiger partial charge in [0.25, 0.3) is 0 Å². The summed E-state index contributed by atoms with van der Waals surface area (Å²) in [6.07, 6.45) is 53.1. The lowest BCUT2D eigenvalue weighted by Crippen LogP contribution is -2.44. The number of aryl methyl sites for hydroxylation is 2. The van der Waals surface area contributed by atoms with Crippen molar-refractivity contribution < 1.29 is 0 Å². The Kier molecular flexibility index (Phi) is 46.6. The summed E-state index contributed by atoms with van der Waals surface area (Å²) >= 11 is 0. The van der Waals surface area contributed by atoms with Crippen LogP contribution in [-0.2, 0) is 32.4 Å². The number of rotatable bonds is 0. The molecule has 4 unspecified atom stereocenters. The van der Waals surface area contributed by atoms with Crippen LogP contribution in [0.15, 0.2) is 72.8 Å². The molecule has 17 aliphatic rings. The normalized spacial score (nSPS) is 28.5. The van der Waals surface area contributed by atoms with E-state index in [0.717, 1.165) is 67.5 Å². The van der Waals surface area contributed by atoms with Gasteiger partial charge in [0.05, 0.1) is 0 Å². The van der Waals surface area contributed by atoms with Gasteiger partial charge in [0.1, 0.15) is 0 Å². The Bertz CT molecular complexity index is 1650. The zero-order chi connectivity index (χ0) is 52.4. The van der Waals surface area contributed by atoms with E-state index in [1.807, 2.05) is 0 Å². The SMILES string of the molecule is C.C.C.C.C.C.C.C.C.C1CC2CC1CN2.C1CC2CCC(C1)N2.C1CC2CCC1C2.C1CC2CCC1CC2.C1CC2CCC1CN2.C1CCCCC1.C1CCNCC1.c1ccc2c(c1)CCC2.c1ccc2c(c1)CCN2.c1ccc2c(c1)CNC2. The maximum absolute atomic E-state index is 3.59. The molecule has 20 rings (SSSR count). The van der Waals surface area contributed by atoms with Crippen molar-refractivity contribution in [2.45, 2.75) is 335 Å². The number of fused-ring (bicyclic) bond motifs is 15. The summed E-state index contributed by atoms with van der Waals surface area (Å²) in [5, 5.41) is 20.4. The lowest BCUT2D eigenvalue weighted by molar-refractivity contribution is 0.176. The van der Waals surface area contributed by atoms with Crippen LogP contribution < -0.4 is 31.9 Å². The molecule has 14 fully saturated rings. The first-order valence-corrected chi connectivity index (χ1v) is 33.7. The van der Waals surface area contributed by atoms with Gasteiger partial charge in [0.15, 0.2) is 0 Å². The van der Waals surface area contributed by atoms with E-state index >= 15 is 0 Å².